The average Bonchev–Trinajstić information content (AvgIpc) is 1.99. The van der Waals surface area contributed by atoms with Crippen LogP contribution in [0.3, 0.4) is 0 Å². The van der Waals surface area contributed by atoms with Gasteiger partial charge in [0, 0.05) is 13.0 Å². The molecule has 0 bridgehead atoms. The number of aliphatic carboxylic acids is 1. The van der Waals surface area contributed by atoms with Crippen molar-refractivity contribution in [2.45, 2.75) is 25.9 Å². The molecular formula is C8H16O4. The van der Waals surface area contributed by atoms with Gasteiger partial charge in [-0.05, 0) is 13.3 Å². The van der Waals surface area contributed by atoms with Crippen LogP contribution in [0.25, 0.3) is 0 Å². The molecule has 0 saturated heterocycles. The zero-order valence-electron chi connectivity index (χ0n) is 7.70. The molecule has 0 aromatic carbocycles. The van der Waals surface area contributed by atoms with Gasteiger partial charge >= 0.3 is 5.97 Å². The Labute approximate surface area is 72.2 Å². The molecule has 4 heteroatoms. The predicted octanol–water partition coefficient (Wildman–Crippen LogP) is 0.495. The molecule has 12 heavy (non-hydrogen) atoms. The Morgan fingerprint density at radius 2 is 2.17 bits per heavy atom. The average molecular weight is 176 g/mol. The largest absolute Gasteiger partial charge is 0.479 e. The lowest BCUT2D eigenvalue weighted by atomic mass is 9.88. The highest BCUT2D eigenvalue weighted by molar-refractivity contribution is 5.76. The first-order valence-corrected chi connectivity index (χ1v) is 3.91. The molecule has 2 N–H and O–H groups in total. The predicted molar refractivity (Wildman–Crippen MR) is 43.9 cm³/mol. The second kappa shape index (κ2) is 4.42. The van der Waals surface area contributed by atoms with Crippen molar-refractivity contribution in [1.29, 1.82) is 0 Å². The van der Waals surface area contributed by atoms with Crippen LogP contribution in [0.2, 0.25) is 0 Å². The second-order valence-corrected chi connectivity index (χ2v) is 3.01. The Bertz CT molecular complexity index is 153. The number of carboxylic acids is 1. The fourth-order valence-corrected chi connectivity index (χ4v) is 1.05. The standard InChI is InChI=1S/C8H16O4/c1-4-6(5-12-3)8(2,11)7(9)10/h6,11H,4-5H2,1-3H3,(H,9,10). The van der Waals surface area contributed by atoms with Crippen molar-refractivity contribution in [2.75, 3.05) is 13.7 Å². The third-order valence-electron chi connectivity index (χ3n) is 2.09. The van der Waals surface area contributed by atoms with Gasteiger partial charge in [-0.1, -0.05) is 6.92 Å². The fourth-order valence-electron chi connectivity index (χ4n) is 1.05. The van der Waals surface area contributed by atoms with E-state index in [1.807, 2.05) is 6.92 Å². The van der Waals surface area contributed by atoms with E-state index in [0.29, 0.717) is 6.42 Å². The summed E-state index contributed by atoms with van der Waals surface area (Å²) in [7, 11) is 1.49. The van der Waals surface area contributed by atoms with Gasteiger partial charge in [-0.15, -0.1) is 0 Å². The number of carbonyl (C=O) groups is 1. The SMILES string of the molecule is CCC(COC)C(C)(O)C(=O)O. The van der Waals surface area contributed by atoms with E-state index in [9.17, 15) is 9.90 Å². The summed E-state index contributed by atoms with van der Waals surface area (Å²) < 4.78 is 4.81. The van der Waals surface area contributed by atoms with Crippen LogP contribution in [0.4, 0.5) is 0 Å². The molecule has 0 aliphatic carbocycles. The Morgan fingerprint density at radius 1 is 1.67 bits per heavy atom. The summed E-state index contributed by atoms with van der Waals surface area (Å²) in [5.41, 5.74) is -1.69. The summed E-state index contributed by atoms with van der Waals surface area (Å²) in [6.07, 6.45) is 0.577. The van der Waals surface area contributed by atoms with E-state index >= 15 is 0 Å². The highest BCUT2D eigenvalue weighted by Crippen LogP contribution is 2.20. The molecule has 0 heterocycles. The number of hydrogen-bond donors (Lipinski definition) is 2. The summed E-state index contributed by atoms with van der Waals surface area (Å²) in [5.74, 6) is -1.56. The first-order valence-electron chi connectivity index (χ1n) is 3.91. The minimum atomic E-state index is -1.69. The Morgan fingerprint density at radius 3 is 2.42 bits per heavy atom. The van der Waals surface area contributed by atoms with E-state index in [-0.39, 0.29) is 12.5 Å². The number of methoxy groups -OCH3 is 1. The molecule has 0 spiro atoms. The summed E-state index contributed by atoms with van der Waals surface area (Å²) in [6.45, 7) is 3.37. The maximum Gasteiger partial charge on any atom is 0.335 e. The molecular weight excluding hydrogens is 160 g/mol. The van der Waals surface area contributed by atoms with E-state index in [1.165, 1.54) is 14.0 Å². The molecule has 72 valence electrons. The van der Waals surface area contributed by atoms with Gasteiger partial charge in [-0.3, -0.25) is 0 Å². The molecule has 2 atom stereocenters. The molecule has 2 unspecified atom stereocenters. The van der Waals surface area contributed by atoms with Crippen LogP contribution >= 0.6 is 0 Å². The molecule has 0 aromatic rings. The zero-order valence-corrected chi connectivity index (χ0v) is 7.70. The number of aliphatic hydroxyl groups is 1. The van der Waals surface area contributed by atoms with Crippen LogP contribution < -0.4 is 0 Å². The van der Waals surface area contributed by atoms with Crippen LogP contribution in [-0.2, 0) is 9.53 Å². The smallest absolute Gasteiger partial charge is 0.335 e. The van der Waals surface area contributed by atoms with Crippen LogP contribution in [0.5, 0.6) is 0 Å². The Hall–Kier alpha value is -0.610. The minimum Gasteiger partial charge on any atom is -0.479 e. The summed E-state index contributed by atoms with van der Waals surface area (Å²) in [5, 5.41) is 18.2. The lowest BCUT2D eigenvalue weighted by molar-refractivity contribution is -0.164. The fraction of sp³-hybridized carbons (Fsp3) is 0.875. The highest BCUT2D eigenvalue weighted by Gasteiger charge is 2.38. The third-order valence-corrected chi connectivity index (χ3v) is 2.09. The lowest BCUT2D eigenvalue weighted by Gasteiger charge is -2.27. The summed E-state index contributed by atoms with van der Waals surface area (Å²) >= 11 is 0. The molecule has 4 nitrogen and oxygen atoms in total. The first-order chi connectivity index (χ1) is 5.46. The highest BCUT2D eigenvalue weighted by atomic mass is 16.5. The van der Waals surface area contributed by atoms with Gasteiger partial charge in [0.2, 0.25) is 0 Å². The van der Waals surface area contributed by atoms with Crippen LogP contribution in [0.1, 0.15) is 20.3 Å². The van der Waals surface area contributed by atoms with Crippen LogP contribution in [0, 0.1) is 5.92 Å². The first kappa shape index (κ1) is 11.4. The molecule has 0 radical (unpaired) electrons. The molecule has 0 fully saturated rings. The van der Waals surface area contributed by atoms with Gasteiger partial charge in [0.1, 0.15) is 0 Å². The van der Waals surface area contributed by atoms with Crippen molar-refractivity contribution in [3.63, 3.8) is 0 Å². The van der Waals surface area contributed by atoms with E-state index in [0.717, 1.165) is 0 Å². The van der Waals surface area contributed by atoms with Gasteiger partial charge in [-0.25, -0.2) is 4.79 Å². The molecule has 0 rings (SSSR count). The van der Waals surface area contributed by atoms with Crippen LogP contribution in [0.15, 0.2) is 0 Å². The van der Waals surface area contributed by atoms with E-state index < -0.39 is 11.6 Å². The number of ether oxygens (including phenoxy) is 1. The van der Waals surface area contributed by atoms with Crippen LogP contribution in [-0.4, -0.2) is 35.5 Å². The lowest BCUT2D eigenvalue weighted by Crippen LogP contribution is -2.44. The normalized spacial score (nSPS) is 18.3. The van der Waals surface area contributed by atoms with Crippen molar-refractivity contribution < 1.29 is 19.7 Å². The van der Waals surface area contributed by atoms with Crippen molar-refractivity contribution >= 4 is 5.97 Å². The summed E-state index contributed by atoms with van der Waals surface area (Å²) in [6, 6.07) is 0. The third kappa shape index (κ3) is 2.46. The van der Waals surface area contributed by atoms with Crippen molar-refractivity contribution in [3.05, 3.63) is 0 Å². The summed E-state index contributed by atoms with van der Waals surface area (Å²) in [4.78, 5) is 10.6. The molecule has 0 aliphatic heterocycles. The maximum absolute atomic E-state index is 10.6. The zero-order chi connectivity index (χ0) is 9.78. The minimum absolute atomic E-state index is 0.260. The van der Waals surface area contributed by atoms with Gasteiger partial charge in [0.15, 0.2) is 5.60 Å². The molecule has 0 aromatic heterocycles. The quantitative estimate of drug-likeness (QED) is 0.640. The molecule has 0 amide bonds. The van der Waals surface area contributed by atoms with E-state index in [4.69, 9.17) is 9.84 Å². The van der Waals surface area contributed by atoms with Crippen molar-refractivity contribution in [2.24, 2.45) is 5.92 Å². The van der Waals surface area contributed by atoms with Gasteiger partial charge in [-0.2, -0.15) is 0 Å². The van der Waals surface area contributed by atoms with E-state index in [2.05, 4.69) is 0 Å². The molecule has 0 saturated carbocycles. The number of hydrogen-bond acceptors (Lipinski definition) is 3. The van der Waals surface area contributed by atoms with Crippen molar-refractivity contribution in [1.82, 2.24) is 0 Å². The Kier molecular flexibility index (Phi) is 4.20. The number of carboxylic acid groups (broad SMARTS) is 1. The van der Waals surface area contributed by atoms with Crippen molar-refractivity contribution in [3.8, 4) is 0 Å². The van der Waals surface area contributed by atoms with Gasteiger partial charge < -0.3 is 14.9 Å². The second-order valence-electron chi connectivity index (χ2n) is 3.01. The topological polar surface area (TPSA) is 66.8 Å². The maximum atomic E-state index is 10.6. The van der Waals surface area contributed by atoms with Gasteiger partial charge in [0.05, 0.1) is 6.61 Å². The molecule has 0 aliphatic rings. The Balaban J connectivity index is 4.36. The monoisotopic (exact) mass is 176 g/mol. The van der Waals surface area contributed by atoms with E-state index in [1.54, 1.807) is 0 Å². The van der Waals surface area contributed by atoms with Gasteiger partial charge in [0.25, 0.3) is 0 Å². The number of rotatable bonds is 5.